The fourth-order valence-corrected chi connectivity index (χ4v) is 1.87. The molecule has 4 nitrogen and oxygen atoms in total. The van der Waals surface area contributed by atoms with Gasteiger partial charge in [-0.2, -0.15) is 0 Å². The first-order chi connectivity index (χ1) is 8.34. The number of carbonyl (C=O) groups excluding carboxylic acids is 1. The third kappa shape index (κ3) is 4.17. The summed E-state index contributed by atoms with van der Waals surface area (Å²) >= 11 is 0. The van der Waals surface area contributed by atoms with Crippen molar-refractivity contribution in [3.8, 4) is 0 Å². The second-order valence-electron chi connectivity index (χ2n) is 4.19. The molecule has 1 aromatic rings. The van der Waals surface area contributed by atoms with Gasteiger partial charge < -0.3 is 15.4 Å². The average molecular weight is 234 g/mol. The smallest absolute Gasteiger partial charge is 0.250 e. The lowest BCUT2D eigenvalue weighted by molar-refractivity contribution is -0.122. The van der Waals surface area contributed by atoms with Crippen molar-refractivity contribution in [2.75, 3.05) is 25.0 Å². The monoisotopic (exact) mass is 234 g/mol. The van der Waals surface area contributed by atoms with Crippen LogP contribution in [0.2, 0.25) is 0 Å². The van der Waals surface area contributed by atoms with Crippen LogP contribution in [0.5, 0.6) is 0 Å². The van der Waals surface area contributed by atoms with Crippen LogP contribution >= 0.6 is 0 Å². The molecule has 1 heterocycles. The summed E-state index contributed by atoms with van der Waals surface area (Å²) in [6, 6.07) is 9.42. The Bertz CT molecular complexity index is 348. The van der Waals surface area contributed by atoms with Crippen molar-refractivity contribution >= 4 is 11.6 Å². The number of hydrogen-bond acceptors (Lipinski definition) is 3. The van der Waals surface area contributed by atoms with Crippen LogP contribution in [0, 0.1) is 0 Å². The zero-order chi connectivity index (χ0) is 11.9. The highest BCUT2D eigenvalue weighted by Crippen LogP contribution is 2.07. The molecular weight excluding hydrogens is 216 g/mol. The molecule has 1 atom stereocenters. The van der Waals surface area contributed by atoms with E-state index in [0.717, 1.165) is 31.6 Å². The van der Waals surface area contributed by atoms with E-state index in [1.54, 1.807) is 0 Å². The van der Waals surface area contributed by atoms with Crippen LogP contribution in [-0.4, -0.2) is 31.7 Å². The van der Waals surface area contributed by atoms with Crippen LogP contribution in [-0.2, 0) is 9.53 Å². The van der Waals surface area contributed by atoms with Crippen LogP contribution in [0.3, 0.4) is 0 Å². The van der Waals surface area contributed by atoms with Gasteiger partial charge in [-0.15, -0.1) is 0 Å². The van der Waals surface area contributed by atoms with Crippen LogP contribution in [0.1, 0.15) is 12.8 Å². The number of nitrogens with one attached hydrogen (secondary N) is 2. The zero-order valence-electron chi connectivity index (χ0n) is 9.82. The van der Waals surface area contributed by atoms with Gasteiger partial charge in [0.15, 0.2) is 0 Å². The minimum absolute atomic E-state index is 0.0956. The van der Waals surface area contributed by atoms with Gasteiger partial charge in [0.05, 0.1) is 6.10 Å². The maximum Gasteiger partial charge on any atom is 0.250 e. The lowest BCUT2D eigenvalue weighted by atomic mass is 10.1. The maximum atomic E-state index is 11.6. The van der Waals surface area contributed by atoms with E-state index in [1.807, 2.05) is 30.3 Å². The SMILES string of the molecule is O=C(COC1CCCNC1)Nc1ccccc1. The van der Waals surface area contributed by atoms with Crippen LogP contribution in [0.25, 0.3) is 0 Å². The second kappa shape index (κ2) is 6.37. The Balaban J connectivity index is 1.70. The van der Waals surface area contributed by atoms with Gasteiger partial charge in [-0.25, -0.2) is 0 Å². The molecule has 0 saturated carbocycles. The number of rotatable bonds is 4. The van der Waals surface area contributed by atoms with E-state index < -0.39 is 0 Å². The molecular formula is C13H18N2O2. The number of carbonyl (C=O) groups is 1. The Labute approximate surface area is 101 Å². The Morgan fingerprint density at radius 2 is 2.24 bits per heavy atom. The summed E-state index contributed by atoms with van der Waals surface area (Å²) in [6.45, 7) is 2.02. The minimum atomic E-state index is -0.0956. The third-order valence-corrected chi connectivity index (χ3v) is 2.76. The molecule has 1 aliphatic heterocycles. The number of hydrogen-bond donors (Lipinski definition) is 2. The molecule has 17 heavy (non-hydrogen) atoms. The van der Waals surface area contributed by atoms with Crippen molar-refractivity contribution in [1.29, 1.82) is 0 Å². The molecule has 0 aliphatic carbocycles. The number of piperidine rings is 1. The molecule has 4 heteroatoms. The highest BCUT2D eigenvalue weighted by molar-refractivity contribution is 5.91. The molecule has 0 radical (unpaired) electrons. The molecule has 1 fully saturated rings. The van der Waals surface area contributed by atoms with Crippen molar-refractivity contribution in [2.45, 2.75) is 18.9 Å². The molecule has 2 N–H and O–H groups in total. The minimum Gasteiger partial charge on any atom is -0.367 e. The molecule has 1 amide bonds. The lowest BCUT2D eigenvalue weighted by Gasteiger charge is -2.22. The fraction of sp³-hybridized carbons (Fsp3) is 0.462. The maximum absolute atomic E-state index is 11.6. The zero-order valence-corrected chi connectivity index (χ0v) is 9.82. The van der Waals surface area contributed by atoms with Crippen molar-refractivity contribution in [2.24, 2.45) is 0 Å². The number of ether oxygens (including phenoxy) is 1. The highest BCUT2D eigenvalue weighted by Gasteiger charge is 2.14. The number of para-hydroxylation sites is 1. The first-order valence-corrected chi connectivity index (χ1v) is 6.02. The summed E-state index contributed by atoms with van der Waals surface area (Å²) in [4.78, 5) is 11.6. The normalized spacial score (nSPS) is 19.9. The van der Waals surface area contributed by atoms with Gasteiger partial charge in [-0.1, -0.05) is 18.2 Å². The third-order valence-electron chi connectivity index (χ3n) is 2.76. The van der Waals surface area contributed by atoms with E-state index in [2.05, 4.69) is 10.6 Å². The molecule has 1 saturated heterocycles. The molecule has 0 spiro atoms. The van der Waals surface area contributed by atoms with Gasteiger partial charge in [0.2, 0.25) is 5.91 Å². The van der Waals surface area contributed by atoms with Gasteiger partial charge in [-0.3, -0.25) is 4.79 Å². The average Bonchev–Trinajstić information content (AvgIpc) is 2.39. The van der Waals surface area contributed by atoms with Crippen molar-refractivity contribution < 1.29 is 9.53 Å². The summed E-state index contributed by atoms with van der Waals surface area (Å²) in [7, 11) is 0. The summed E-state index contributed by atoms with van der Waals surface area (Å²) in [5.41, 5.74) is 0.808. The lowest BCUT2D eigenvalue weighted by Crippen LogP contribution is -2.37. The summed E-state index contributed by atoms with van der Waals surface area (Å²) in [5, 5.41) is 6.05. The summed E-state index contributed by atoms with van der Waals surface area (Å²) in [6.07, 6.45) is 2.32. The topological polar surface area (TPSA) is 50.4 Å². The Kier molecular flexibility index (Phi) is 4.53. The predicted octanol–water partition coefficient (Wildman–Crippen LogP) is 1.39. The quantitative estimate of drug-likeness (QED) is 0.827. The van der Waals surface area contributed by atoms with E-state index in [9.17, 15) is 4.79 Å². The van der Waals surface area contributed by atoms with E-state index in [0.29, 0.717) is 0 Å². The molecule has 0 aromatic heterocycles. The molecule has 1 aliphatic rings. The number of benzene rings is 1. The van der Waals surface area contributed by atoms with E-state index in [4.69, 9.17) is 4.74 Å². The van der Waals surface area contributed by atoms with Gasteiger partial charge in [0, 0.05) is 12.2 Å². The summed E-state index contributed by atoms with van der Waals surface area (Å²) in [5.74, 6) is -0.0956. The van der Waals surface area contributed by atoms with Gasteiger partial charge in [-0.05, 0) is 31.5 Å². The molecule has 0 bridgehead atoms. The molecule has 92 valence electrons. The van der Waals surface area contributed by atoms with E-state index >= 15 is 0 Å². The van der Waals surface area contributed by atoms with Gasteiger partial charge in [0.1, 0.15) is 6.61 Å². The first-order valence-electron chi connectivity index (χ1n) is 6.02. The highest BCUT2D eigenvalue weighted by atomic mass is 16.5. The Hall–Kier alpha value is -1.39. The Morgan fingerprint density at radius 1 is 1.41 bits per heavy atom. The van der Waals surface area contributed by atoms with Gasteiger partial charge in [0.25, 0.3) is 0 Å². The van der Waals surface area contributed by atoms with Crippen molar-refractivity contribution in [3.05, 3.63) is 30.3 Å². The molecule has 2 rings (SSSR count). The van der Waals surface area contributed by atoms with E-state index in [1.165, 1.54) is 0 Å². The standard InChI is InChI=1S/C13H18N2O2/c16-13(15-11-5-2-1-3-6-11)10-17-12-7-4-8-14-9-12/h1-3,5-6,12,14H,4,7-10H2,(H,15,16). The van der Waals surface area contributed by atoms with Crippen LogP contribution < -0.4 is 10.6 Å². The van der Waals surface area contributed by atoms with Gasteiger partial charge >= 0.3 is 0 Å². The van der Waals surface area contributed by atoms with Crippen molar-refractivity contribution in [3.63, 3.8) is 0 Å². The summed E-state index contributed by atoms with van der Waals surface area (Å²) < 4.78 is 5.54. The Morgan fingerprint density at radius 3 is 2.94 bits per heavy atom. The molecule has 1 unspecified atom stereocenters. The molecule has 1 aromatic carbocycles. The van der Waals surface area contributed by atoms with Crippen LogP contribution in [0.15, 0.2) is 30.3 Å². The first kappa shape index (κ1) is 12.1. The van der Waals surface area contributed by atoms with Crippen molar-refractivity contribution in [1.82, 2.24) is 5.32 Å². The second-order valence-corrected chi connectivity index (χ2v) is 4.19. The van der Waals surface area contributed by atoms with E-state index in [-0.39, 0.29) is 18.6 Å². The van der Waals surface area contributed by atoms with Crippen LogP contribution in [0.4, 0.5) is 5.69 Å². The largest absolute Gasteiger partial charge is 0.367 e. The fourth-order valence-electron chi connectivity index (χ4n) is 1.87. The predicted molar refractivity (Wildman–Crippen MR) is 66.9 cm³/mol. The number of anilines is 1. The number of amides is 1.